The topological polar surface area (TPSA) is 65.1 Å². The lowest BCUT2D eigenvalue weighted by Crippen LogP contribution is -2.46. The van der Waals surface area contributed by atoms with Crippen molar-refractivity contribution >= 4 is 23.3 Å². The third-order valence-electron chi connectivity index (χ3n) is 3.66. The summed E-state index contributed by atoms with van der Waals surface area (Å²) in [5.41, 5.74) is 1.31. The lowest BCUT2D eigenvalue weighted by molar-refractivity contribution is -0.156. The number of para-hydroxylation sites is 1. The molecule has 2 aromatic rings. The molecule has 0 heterocycles. The summed E-state index contributed by atoms with van der Waals surface area (Å²) in [5.74, 6) is -0.651. The van der Waals surface area contributed by atoms with E-state index in [1.54, 1.807) is 50.1 Å². The number of carbonyl (C=O) groups excluding carboxylic acids is 2. The zero-order valence-electron chi connectivity index (χ0n) is 15.2. The zero-order valence-corrected chi connectivity index (χ0v) is 15.2. The van der Waals surface area contributed by atoms with Crippen LogP contribution >= 0.6 is 0 Å². The van der Waals surface area contributed by atoms with Crippen LogP contribution in [-0.4, -0.2) is 38.3 Å². The van der Waals surface area contributed by atoms with Crippen molar-refractivity contribution in [1.29, 1.82) is 0 Å². The van der Waals surface area contributed by atoms with Gasteiger partial charge in [-0.1, -0.05) is 18.2 Å². The average molecular weight is 357 g/mol. The molecule has 0 aliphatic carbocycles. The molecule has 0 spiro atoms. The van der Waals surface area contributed by atoms with Crippen molar-refractivity contribution in [3.63, 3.8) is 0 Å². The van der Waals surface area contributed by atoms with E-state index in [0.717, 1.165) is 0 Å². The van der Waals surface area contributed by atoms with Crippen LogP contribution in [-0.2, 0) is 19.1 Å². The molecule has 0 aliphatic heterocycles. The Bertz CT molecular complexity index is 697. The Morgan fingerprint density at radius 1 is 0.846 bits per heavy atom. The molecular formula is C20H23NO5. The molecule has 0 aromatic heterocycles. The molecule has 0 saturated carbocycles. The first kappa shape index (κ1) is 19.3. The Morgan fingerprint density at radius 3 is 1.81 bits per heavy atom. The van der Waals surface area contributed by atoms with E-state index in [0.29, 0.717) is 17.1 Å². The number of esters is 2. The van der Waals surface area contributed by atoms with Gasteiger partial charge in [0.1, 0.15) is 5.75 Å². The minimum atomic E-state index is -1.24. The van der Waals surface area contributed by atoms with Crippen LogP contribution in [0.2, 0.25) is 0 Å². The molecule has 6 nitrogen and oxygen atoms in total. The molecule has 0 saturated heterocycles. The number of nitrogens with zero attached hydrogens (tertiary/aromatic N) is 1. The highest BCUT2D eigenvalue weighted by molar-refractivity contribution is 6.04. The second-order valence-corrected chi connectivity index (χ2v) is 5.31. The Hall–Kier alpha value is -3.02. The highest BCUT2D eigenvalue weighted by Crippen LogP contribution is 2.30. The standard InChI is InChI=1S/C20H23NO5/c1-4-25-19(22)18(20(23)26-5-2)21(15-9-7-6-8-10-15)16-11-13-17(24-3)14-12-16/h6-14,18H,4-5H2,1-3H3. The van der Waals surface area contributed by atoms with Gasteiger partial charge in [0.05, 0.1) is 20.3 Å². The molecule has 0 fully saturated rings. The van der Waals surface area contributed by atoms with Crippen molar-refractivity contribution in [2.45, 2.75) is 19.9 Å². The fraction of sp³-hybridized carbons (Fsp3) is 0.300. The predicted octanol–water partition coefficient (Wildman–Crippen LogP) is 3.33. The zero-order chi connectivity index (χ0) is 18.9. The summed E-state index contributed by atoms with van der Waals surface area (Å²) in [6, 6.07) is 15.0. The highest BCUT2D eigenvalue weighted by atomic mass is 16.6. The Kier molecular flexibility index (Phi) is 7.02. The van der Waals surface area contributed by atoms with Crippen LogP contribution in [0.3, 0.4) is 0 Å². The molecule has 0 amide bonds. The molecule has 0 atom stereocenters. The van der Waals surface area contributed by atoms with E-state index in [1.165, 1.54) is 0 Å². The van der Waals surface area contributed by atoms with Crippen molar-refractivity contribution in [2.75, 3.05) is 25.2 Å². The van der Waals surface area contributed by atoms with Crippen LogP contribution in [0, 0.1) is 0 Å². The van der Waals surface area contributed by atoms with E-state index in [4.69, 9.17) is 14.2 Å². The van der Waals surface area contributed by atoms with Crippen LogP contribution in [0.4, 0.5) is 11.4 Å². The summed E-state index contributed by atoms with van der Waals surface area (Å²) in [6.45, 7) is 3.72. The fourth-order valence-electron chi connectivity index (χ4n) is 2.53. The normalized spacial score (nSPS) is 10.3. The maximum atomic E-state index is 12.6. The molecule has 26 heavy (non-hydrogen) atoms. The lowest BCUT2D eigenvalue weighted by Gasteiger charge is -2.30. The van der Waals surface area contributed by atoms with Crippen molar-refractivity contribution < 1.29 is 23.8 Å². The van der Waals surface area contributed by atoms with Gasteiger partial charge in [-0.15, -0.1) is 0 Å². The van der Waals surface area contributed by atoms with Gasteiger partial charge in [-0.05, 0) is 50.2 Å². The smallest absolute Gasteiger partial charge is 0.340 e. The summed E-state index contributed by atoms with van der Waals surface area (Å²) in [4.78, 5) is 26.8. The maximum absolute atomic E-state index is 12.6. The summed E-state index contributed by atoms with van der Waals surface area (Å²) < 4.78 is 15.5. The van der Waals surface area contributed by atoms with Gasteiger partial charge in [-0.3, -0.25) is 0 Å². The number of rotatable bonds is 8. The lowest BCUT2D eigenvalue weighted by atomic mass is 10.1. The Balaban J connectivity index is 2.54. The number of hydrogen-bond acceptors (Lipinski definition) is 6. The second-order valence-electron chi connectivity index (χ2n) is 5.31. The number of ether oxygens (including phenoxy) is 3. The molecule has 138 valence electrons. The molecule has 0 aliphatic rings. The third kappa shape index (κ3) is 4.53. The summed E-state index contributed by atoms with van der Waals surface area (Å²) in [5, 5.41) is 0. The second kappa shape index (κ2) is 9.46. The van der Waals surface area contributed by atoms with Gasteiger partial charge in [0.25, 0.3) is 0 Å². The monoisotopic (exact) mass is 357 g/mol. The third-order valence-corrected chi connectivity index (χ3v) is 3.66. The molecule has 2 rings (SSSR count). The van der Waals surface area contributed by atoms with Gasteiger partial charge in [-0.2, -0.15) is 0 Å². The Labute approximate surface area is 153 Å². The summed E-state index contributed by atoms with van der Waals surface area (Å²) in [7, 11) is 1.57. The molecule has 0 unspecified atom stereocenters. The first-order valence-corrected chi connectivity index (χ1v) is 8.44. The van der Waals surface area contributed by atoms with Gasteiger partial charge in [0.15, 0.2) is 0 Å². The van der Waals surface area contributed by atoms with Crippen LogP contribution in [0.15, 0.2) is 54.6 Å². The molecular weight excluding hydrogens is 334 g/mol. The minimum absolute atomic E-state index is 0.167. The number of benzene rings is 2. The number of hydrogen-bond donors (Lipinski definition) is 0. The number of methoxy groups -OCH3 is 1. The van der Waals surface area contributed by atoms with E-state index in [1.807, 2.05) is 30.3 Å². The predicted molar refractivity (Wildman–Crippen MR) is 98.6 cm³/mol. The van der Waals surface area contributed by atoms with Gasteiger partial charge < -0.3 is 19.1 Å². The molecule has 0 bridgehead atoms. The first-order valence-electron chi connectivity index (χ1n) is 8.44. The van der Waals surface area contributed by atoms with Gasteiger partial charge in [0.2, 0.25) is 6.04 Å². The van der Waals surface area contributed by atoms with Crippen LogP contribution in [0.1, 0.15) is 13.8 Å². The minimum Gasteiger partial charge on any atom is -0.497 e. The van der Waals surface area contributed by atoms with E-state index < -0.39 is 18.0 Å². The molecule has 2 aromatic carbocycles. The SMILES string of the molecule is CCOC(=O)C(C(=O)OCC)N(c1ccccc1)c1ccc(OC)cc1. The van der Waals surface area contributed by atoms with Gasteiger partial charge in [-0.25, -0.2) is 9.59 Å². The van der Waals surface area contributed by atoms with Crippen molar-refractivity contribution in [1.82, 2.24) is 0 Å². The van der Waals surface area contributed by atoms with Crippen LogP contribution in [0.5, 0.6) is 5.75 Å². The molecule has 0 N–H and O–H groups in total. The first-order chi connectivity index (χ1) is 12.6. The summed E-state index contributed by atoms with van der Waals surface area (Å²) >= 11 is 0. The van der Waals surface area contributed by atoms with E-state index >= 15 is 0 Å². The average Bonchev–Trinajstić information content (AvgIpc) is 2.67. The van der Waals surface area contributed by atoms with E-state index in [-0.39, 0.29) is 13.2 Å². The van der Waals surface area contributed by atoms with E-state index in [2.05, 4.69) is 0 Å². The van der Waals surface area contributed by atoms with Crippen LogP contribution in [0.25, 0.3) is 0 Å². The van der Waals surface area contributed by atoms with E-state index in [9.17, 15) is 9.59 Å². The van der Waals surface area contributed by atoms with Crippen molar-refractivity contribution in [2.24, 2.45) is 0 Å². The van der Waals surface area contributed by atoms with Crippen molar-refractivity contribution in [3.05, 3.63) is 54.6 Å². The largest absolute Gasteiger partial charge is 0.497 e. The Morgan fingerprint density at radius 2 is 1.35 bits per heavy atom. The number of anilines is 2. The van der Waals surface area contributed by atoms with Gasteiger partial charge in [0, 0.05) is 11.4 Å². The quantitative estimate of drug-likeness (QED) is 0.533. The maximum Gasteiger partial charge on any atom is 0.340 e. The highest BCUT2D eigenvalue weighted by Gasteiger charge is 2.37. The van der Waals surface area contributed by atoms with Crippen LogP contribution < -0.4 is 9.64 Å². The molecule has 0 radical (unpaired) electrons. The van der Waals surface area contributed by atoms with Crippen molar-refractivity contribution in [3.8, 4) is 5.75 Å². The van der Waals surface area contributed by atoms with Gasteiger partial charge >= 0.3 is 11.9 Å². The molecule has 6 heteroatoms. The fourth-order valence-corrected chi connectivity index (χ4v) is 2.53. The number of carbonyl (C=O) groups is 2. The summed E-state index contributed by atoms with van der Waals surface area (Å²) in [6.07, 6.45) is 0.